The van der Waals surface area contributed by atoms with Gasteiger partial charge in [0, 0.05) is 12.6 Å². The Morgan fingerprint density at radius 1 is 1.00 bits per heavy atom. The highest BCUT2D eigenvalue weighted by Crippen LogP contribution is 2.32. The lowest BCUT2D eigenvalue weighted by molar-refractivity contribution is -0.118. The molecule has 0 aliphatic heterocycles. The third-order valence-corrected chi connectivity index (χ3v) is 8.31. The number of nitrogens with zero attached hydrogens (tertiary/aromatic N) is 3. The summed E-state index contributed by atoms with van der Waals surface area (Å²) in [5.41, 5.74) is 4.80. The maximum atomic E-state index is 13.3. The molecule has 2 heterocycles. The van der Waals surface area contributed by atoms with Gasteiger partial charge in [-0.2, -0.15) is 0 Å². The third-order valence-electron chi connectivity index (χ3n) is 5.54. The molecule has 0 saturated heterocycles. The van der Waals surface area contributed by atoms with Crippen LogP contribution in [0.3, 0.4) is 0 Å². The highest BCUT2D eigenvalue weighted by molar-refractivity contribution is 7.91. The van der Waals surface area contributed by atoms with Crippen molar-refractivity contribution in [1.82, 2.24) is 9.97 Å². The molecule has 0 atom stereocenters. The van der Waals surface area contributed by atoms with E-state index < -0.39 is 9.84 Å². The van der Waals surface area contributed by atoms with E-state index in [0.717, 1.165) is 26.9 Å². The first kappa shape index (κ1) is 23.1. The Kier molecular flexibility index (Phi) is 6.58. The molecule has 2 aromatic heterocycles. The number of hydrogen-bond acceptors (Lipinski definition) is 6. The van der Waals surface area contributed by atoms with Crippen LogP contribution < -0.4 is 4.90 Å². The zero-order chi connectivity index (χ0) is 23.6. The van der Waals surface area contributed by atoms with Gasteiger partial charge in [0.05, 0.1) is 33.1 Å². The van der Waals surface area contributed by atoms with Crippen molar-refractivity contribution in [3.8, 4) is 0 Å². The first-order valence-corrected chi connectivity index (χ1v) is 13.1. The number of benzene rings is 2. The molecule has 0 radical (unpaired) electrons. The summed E-state index contributed by atoms with van der Waals surface area (Å²) in [6, 6.07) is 16.3. The number of pyridine rings is 1. The van der Waals surface area contributed by atoms with Gasteiger partial charge >= 0.3 is 0 Å². The van der Waals surface area contributed by atoms with Crippen LogP contribution in [0.2, 0.25) is 0 Å². The number of thiazole rings is 1. The molecule has 170 valence electrons. The Bertz CT molecular complexity index is 1360. The number of sulfone groups is 1. The first-order valence-electron chi connectivity index (χ1n) is 10.6. The Balaban J connectivity index is 1.62. The van der Waals surface area contributed by atoms with E-state index in [9.17, 15) is 13.2 Å². The second kappa shape index (κ2) is 9.41. The number of carbonyl (C=O) groups excluding carboxylic acids is 1. The largest absolute Gasteiger partial charge is 0.282 e. The van der Waals surface area contributed by atoms with Crippen molar-refractivity contribution in [1.29, 1.82) is 0 Å². The van der Waals surface area contributed by atoms with E-state index in [1.165, 1.54) is 11.3 Å². The second-order valence-corrected chi connectivity index (χ2v) is 11.2. The summed E-state index contributed by atoms with van der Waals surface area (Å²) in [4.78, 5) is 24.1. The fourth-order valence-electron chi connectivity index (χ4n) is 3.42. The molecule has 0 N–H and O–H groups in total. The Morgan fingerprint density at radius 3 is 2.42 bits per heavy atom. The molecule has 2 aromatic carbocycles. The van der Waals surface area contributed by atoms with Crippen molar-refractivity contribution in [2.75, 3.05) is 10.7 Å². The lowest BCUT2D eigenvalue weighted by Crippen LogP contribution is -2.32. The van der Waals surface area contributed by atoms with Crippen LogP contribution in [0, 0.1) is 20.8 Å². The standard InChI is InChI=1S/C25H25N3O3S2/c1-17-7-9-21(10-8-17)33(30,31)13-11-24(29)28(16-20-6-4-5-12-26-20)25-27-22-14-18(2)19(3)15-23(22)32-25/h4-10,12,14-15H,11,13,16H2,1-3H3. The van der Waals surface area contributed by atoms with Gasteiger partial charge in [-0.1, -0.05) is 35.1 Å². The summed E-state index contributed by atoms with van der Waals surface area (Å²) in [6.07, 6.45) is 1.53. The summed E-state index contributed by atoms with van der Waals surface area (Å²) in [6.45, 7) is 6.19. The number of fused-ring (bicyclic) bond motifs is 1. The molecule has 33 heavy (non-hydrogen) atoms. The number of rotatable bonds is 7. The van der Waals surface area contributed by atoms with Crippen molar-refractivity contribution >= 4 is 42.4 Å². The lowest BCUT2D eigenvalue weighted by atomic mass is 10.1. The van der Waals surface area contributed by atoms with Gasteiger partial charge < -0.3 is 0 Å². The third kappa shape index (κ3) is 5.29. The Morgan fingerprint density at radius 2 is 1.73 bits per heavy atom. The molecule has 0 fully saturated rings. The van der Waals surface area contributed by atoms with Crippen molar-refractivity contribution in [3.05, 3.63) is 83.2 Å². The summed E-state index contributed by atoms with van der Waals surface area (Å²) in [7, 11) is -3.58. The van der Waals surface area contributed by atoms with E-state index >= 15 is 0 Å². The lowest BCUT2D eigenvalue weighted by Gasteiger charge is -2.19. The van der Waals surface area contributed by atoms with Crippen molar-refractivity contribution in [3.63, 3.8) is 0 Å². The molecule has 0 saturated carbocycles. The molecule has 0 unspecified atom stereocenters. The minimum absolute atomic E-state index is 0.142. The number of carbonyl (C=O) groups is 1. The number of anilines is 1. The van der Waals surface area contributed by atoms with Crippen LogP contribution in [0.15, 0.2) is 65.7 Å². The fraction of sp³-hybridized carbons (Fsp3) is 0.240. The van der Waals surface area contributed by atoms with Gasteiger partial charge in [0.1, 0.15) is 0 Å². The van der Waals surface area contributed by atoms with Gasteiger partial charge in [-0.15, -0.1) is 0 Å². The number of hydrogen-bond donors (Lipinski definition) is 0. The maximum absolute atomic E-state index is 13.3. The van der Waals surface area contributed by atoms with E-state index in [4.69, 9.17) is 4.98 Å². The van der Waals surface area contributed by atoms with E-state index in [2.05, 4.69) is 11.1 Å². The van der Waals surface area contributed by atoms with Crippen LogP contribution in [-0.2, 0) is 21.2 Å². The van der Waals surface area contributed by atoms with E-state index in [1.807, 2.05) is 45.0 Å². The summed E-state index contributed by atoms with van der Waals surface area (Å²) in [5.74, 6) is -0.569. The zero-order valence-corrected chi connectivity index (χ0v) is 20.4. The van der Waals surface area contributed by atoms with Crippen LogP contribution in [0.4, 0.5) is 5.13 Å². The first-order chi connectivity index (χ1) is 15.7. The van der Waals surface area contributed by atoms with Gasteiger partial charge in [-0.25, -0.2) is 13.4 Å². The predicted octanol–water partition coefficient (Wildman–Crippen LogP) is 5.01. The number of aryl methyl sites for hydroxylation is 3. The molecule has 0 spiro atoms. The summed E-state index contributed by atoms with van der Waals surface area (Å²) in [5, 5.41) is 0.540. The Labute approximate surface area is 197 Å². The zero-order valence-electron chi connectivity index (χ0n) is 18.8. The van der Waals surface area contributed by atoms with Crippen LogP contribution in [0.1, 0.15) is 28.8 Å². The van der Waals surface area contributed by atoms with Crippen molar-refractivity contribution in [2.45, 2.75) is 38.6 Å². The molecule has 4 rings (SSSR count). The van der Waals surface area contributed by atoms with Gasteiger partial charge in [0.2, 0.25) is 5.91 Å². The fourth-order valence-corrected chi connectivity index (χ4v) is 5.71. The van der Waals surface area contributed by atoms with Crippen LogP contribution in [-0.4, -0.2) is 30.0 Å². The van der Waals surface area contributed by atoms with Gasteiger partial charge in [-0.05, 0) is 68.3 Å². The predicted molar refractivity (Wildman–Crippen MR) is 132 cm³/mol. The molecule has 0 aliphatic carbocycles. The minimum Gasteiger partial charge on any atom is -0.282 e. The Hall–Kier alpha value is -3.10. The van der Waals surface area contributed by atoms with E-state index in [0.29, 0.717) is 10.8 Å². The molecule has 1 amide bonds. The topological polar surface area (TPSA) is 80.2 Å². The molecule has 4 aromatic rings. The normalized spacial score (nSPS) is 11.6. The van der Waals surface area contributed by atoms with Gasteiger partial charge in [-0.3, -0.25) is 14.7 Å². The maximum Gasteiger partial charge on any atom is 0.230 e. The average molecular weight is 480 g/mol. The van der Waals surface area contributed by atoms with Crippen molar-refractivity contribution < 1.29 is 13.2 Å². The molecule has 0 aliphatic rings. The smallest absolute Gasteiger partial charge is 0.230 e. The summed E-state index contributed by atoms with van der Waals surface area (Å²) >= 11 is 1.42. The van der Waals surface area contributed by atoms with Crippen LogP contribution in [0.25, 0.3) is 10.2 Å². The number of amides is 1. The van der Waals surface area contributed by atoms with Gasteiger partial charge in [0.15, 0.2) is 15.0 Å². The molecule has 0 bridgehead atoms. The second-order valence-electron chi connectivity index (χ2n) is 8.08. The van der Waals surface area contributed by atoms with Crippen LogP contribution in [0.5, 0.6) is 0 Å². The van der Waals surface area contributed by atoms with E-state index in [-0.39, 0.29) is 29.5 Å². The highest BCUT2D eigenvalue weighted by Gasteiger charge is 2.24. The van der Waals surface area contributed by atoms with E-state index in [1.54, 1.807) is 35.4 Å². The number of aromatic nitrogens is 2. The monoisotopic (exact) mass is 479 g/mol. The average Bonchev–Trinajstić information content (AvgIpc) is 3.19. The summed E-state index contributed by atoms with van der Waals surface area (Å²) < 4.78 is 26.6. The van der Waals surface area contributed by atoms with Crippen molar-refractivity contribution in [2.24, 2.45) is 0 Å². The minimum atomic E-state index is -3.58. The SMILES string of the molecule is Cc1ccc(S(=O)(=O)CCC(=O)N(Cc2ccccn2)c2nc3cc(C)c(C)cc3s2)cc1. The molecule has 8 heteroatoms. The molecule has 6 nitrogen and oxygen atoms in total. The van der Waals surface area contributed by atoms with Gasteiger partial charge in [0.25, 0.3) is 0 Å². The molecular weight excluding hydrogens is 454 g/mol. The quantitative estimate of drug-likeness (QED) is 0.372. The highest BCUT2D eigenvalue weighted by atomic mass is 32.2. The van der Waals surface area contributed by atoms with Crippen LogP contribution >= 0.6 is 11.3 Å². The molecular formula is C25H25N3O3S2.